The number of carbonyl (C=O) groups excluding carboxylic acids is 2. The van der Waals surface area contributed by atoms with E-state index in [1.807, 2.05) is 30.4 Å². The number of hydrogen-bond donors (Lipinski definition) is 2. The molecule has 182 valence electrons. The molecule has 0 aliphatic rings. The summed E-state index contributed by atoms with van der Waals surface area (Å²) in [6.07, 6.45) is 22.4. The fourth-order valence-electron chi connectivity index (χ4n) is 2.71. The number of unbranched alkanes of at least 4 members (excludes halogenated alkanes) is 3. The molecule has 6 nitrogen and oxygen atoms in total. The van der Waals surface area contributed by atoms with E-state index in [4.69, 9.17) is 5.73 Å². The van der Waals surface area contributed by atoms with Crippen molar-refractivity contribution in [3.63, 3.8) is 0 Å². The molecule has 0 heterocycles. The van der Waals surface area contributed by atoms with E-state index in [0.717, 1.165) is 12.8 Å². The highest BCUT2D eigenvalue weighted by molar-refractivity contribution is 8.00. The Labute approximate surface area is 198 Å². The third kappa shape index (κ3) is 16.8. The third-order valence-corrected chi connectivity index (χ3v) is 6.05. The summed E-state index contributed by atoms with van der Waals surface area (Å²) < 4.78 is 9.28. The van der Waals surface area contributed by atoms with Crippen LogP contribution >= 0.6 is 11.8 Å². The molecule has 0 aliphatic carbocycles. The molecular formula is C25H41NO5S. The lowest BCUT2D eigenvalue weighted by Crippen LogP contribution is -2.35. The monoisotopic (exact) mass is 467 g/mol. The van der Waals surface area contributed by atoms with Crippen molar-refractivity contribution in [2.24, 2.45) is 5.73 Å². The molecule has 32 heavy (non-hydrogen) atoms. The molecule has 0 aromatic rings. The standard InChI is InChI=1S/C25H41NO5S/c1-4-5-6-7-8-9-10-11-12-13-14-15-18-23(32-20-21(26)25(29)31-3)22(27)17-16-19-24(28)30-2/h8-9,11-15,18,21-23,27H,4-7,10,16-17,19-20,26H2,1-3H3/t21?,22-,23-/m0/s1. The topological polar surface area (TPSA) is 98.9 Å². The van der Waals surface area contributed by atoms with Crippen molar-refractivity contribution in [2.75, 3.05) is 20.0 Å². The number of rotatable bonds is 18. The maximum Gasteiger partial charge on any atom is 0.323 e. The van der Waals surface area contributed by atoms with Gasteiger partial charge in [-0.05, 0) is 32.1 Å². The van der Waals surface area contributed by atoms with E-state index in [1.54, 1.807) is 0 Å². The minimum atomic E-state index is -0.753. The van der Waals surface area contributed by atoms with E-state index >= 15 is 0 Å². The minimum Gasteiger partial charge on any atom is -0.469 e. The normalized spacial score (nSPS) is 15.0. The number of hydrogen-bond acceptors (Lipinski definition) is 7. The van der Waals surface area contributed by atoms with Crippen LogP contribution in [0.4, 0.5) is 0 Å². The summed E-state index contributed by atoms with van der Waals surface area (Å²) >= 11 is 1.39. The van der Waals surface area contributed by atoms with E-state index in [1.165, 1.54) is 45.2 Å². The van der Waals surface area contributed by atoms with Crippen LogP contribution < -0.4 is 5.73 Å². The fraction of sp³-hybridized carbons (Fsp3) is 0.600. The molecule has 0 saturated carbocycles. The van der Waals surface area contributed by atoms with Crippen molar-refractivity contribution in [2.45, 2.75) is 75.7 Å². The van der Waals surface area contributed by atoms with Crippen molar-refractivity contribution in [3.05, 3.63) is 48.6 Å². The molecule has 0 fully saturated rings. The average Bonchev–Trinajstić information content (AvgIpc) is 2.80. The van der Waals surface area contributed by atoms with Crippen molar-refractivity contribution in [3.8, 4) is 0 Å². The second-order valence-corrected chi connectivity index (χ2v) is 8.58. The summed E-state index contributed by atoms with van der Waals surface area (Å²) in [5, 5.41) is 10.3. The van der Waals surface area contributed by atoms with Crippen LogP contribution in [0.1, 0.15) is 58.3 Å². The highest BCUT2D eigenvalue weighted by Gasteiger charge is 2.21. The van der Waals surface area contributed by atoms with Gasteiger partial charge in [-0.3, -0.25) is 9.59 Å². The first kappa shape index (κ1) is 30.2. The summed E-state index contributed by atoms with van der Waals surface area (Å²) in [6.45, 7) is 2.21. The number of allylic oxidation sites excluding steroid dienone is 7. The molecule has 0 aromatic heterocycles. The maximum atomic E-state index is 11.5. The minimum absolute atomic E-state index is 0.258. The lowest BCUT2D eigenvalue weighted by molar-refractivity contribution is -0.142. The SMILES string of the molecule is CCCCCC=CCC=CC=CC=C[C@H](SCC(N)C(=O)OC)[C@@H](O)CCCC(=O)OC. The van der Waals surface area contributed by atoms with Gasteiger partial charge in [0.2, 0.25) is 0 Å². The maximum absolute atomic E-state index is 11.5. The Hall–Kier alpha value is -1.83. The number of methoxy groups -OCH3 is 2. The van der Waals surface area contributed by atoms with Gasteiger partial charge in [-0.2, -0.15) is 0 Å². The number of carbonyl (C=O) groups is 2. The Kier molecular flexibility index (Phi) is 19.8. The zero-order valence-electron chi connectivity index (χ0n) is 19.8. The Morgan fingerprint density at radius 1 is 1.00 bits per heavy atom. The summed E-state index contributed by atoms with van der Waals surface area (Å²) in [5.41, 5.74) is 5.81. The summed E-state index contributed by atoms with van der Waals surface area (Å²) in [4.78, 5) is 22.8. The Balaban J connectivity index is 4.62. The molecule has 0 spiro atoms. The number of thioether (sulfide) groups is 1. The van der Waals surface area contributed by atoms with Crippen LogP contribution in [-0.2, 0) is 19.1 Å². The largest absolute Gasteiger partial charge is 0.469 e. The van der Waals surface area contributed by atoms with E-state index < -0.39 is 18.1 Å². The smallest absolute Gasteiger partial charge is 0.323 e. The summed E-state index contributed by atoms with van der Waals surface area (Å²) in [7, 11) is 2.64. The molecule has 0 radical (unpaired) electrons. The van der Waals surface area contributed by atoms with Crippen LogP contribution in [0.2, 0.25) is 0 Å². The van der Waals surface area contributed by atoms with Gasteiger partial charge in [-0.1, -0.05) is 68.4 Å². The molecule has 0 amide bonds. The van der Waals surface area contributed by atoms with E-state index in [9.17, 15) is 14.7 Å². The van der Waals surface area contributed by atoms with Crippen LogP contribution in [0.15, 0.2) is 48.6 Å². The first-order valence-electron chi connectivity index (χ1n) is 11.3. The van der Waals surface area contributed by atoms with Crippen molar-refractivity contribution >= 4 is 23.7 Å². The number of aliphatic hydroxyl groups excluding tert-OH is 1. The number of nitrogens with two attached hydrogens (primary N) is 1. The molecule has 0 aliphatic heterocycles. The Morgan fingerprint density at radius 2 is 1.75 bits per heavy atom. The second kappa shape index (κ2) is 21.0. The molecule has 0 bridgehead atoms. The van der Waals surface area contributed by atoms with Crippen LogP contribution in [0.5, 0.6) is 0 Å². The van der Waals surface area contributed by atoms with Gasteiger partial charge in [0.1, 0.15) is 6.04 Å². The first-order valence-corrected chi connectivity index (χ1v) is 12.4. The fourth-order valence-corrected chi connectivity index (χ4v) is 3.84. The van der Waals surface area contributed by atoms with Gasteiger partial charge in [0.25, 0.3) is 0 Å². The Morgan fingerprint density at radius 3 is 2.44 bits per heavy atom. The van der Waals surface area contributed by atoms with Crippen molar-refractivity contribution in [1.29, 1.82) is 0 Å². The first-order chi connectivity index (χ1) is 15.5. The van der Waals surface area contributed by atoms with Crippen LogP contribution in [-0.4, -0.2) is 54.4 Å². The zero-order valence-corrected chi connectivity index (χ0v) is 20.6. The van der Waals surface area contributed by atoms with Gasteiger partial charge in [0.15, 0.2) is 0 Å². The van der Waals surface area contributed by atoms with Gasteiger partial charge in [0.05, 0.1) is 20.3 Å². The van der Waals surface area contributed by atoms with Gasteiger partial charge in [-0.15, -0.1) is 11.8 Å². The average molecular weight is 468 g/mol. The van der Waals surface area contributed by atoms with E-state index in [0.29, 0.717) is 18.6 Å². The van der Waals surface area contributed by atoms with E-state index in [2.05, 4.69) is 34.6 Å². The van der Waals surface area contributed by atoms with Crippen LogP contribution in [0.25, 0.3) is 0 Å². The lowest BCUT2D eigenvalue weighted by atomic mass is 10.1. The molecular weight excluding hydrogens is 426 g/mol. The van der Waals surface area contributed by atoms with Crippen molar-refractivity contribution in [1.82, 2.24) is 0 Å². The second-order valence-electron chi connectivity index (χ2n) is 7.36. The lowest BCUT2D eigenvalue weighted by Gasteiger charge is -2.20. The number of ether oxygens (including phenoxy) is 2. The predicted molar refractivity (Wildman–Crippen MR) is 133 cm³/mol. The predicted octanol–water partition coefficient (Wildman–Crippen LogP) is 4.49. The quantitative estimate of drug-likeness (QED) is 0.133. The summed E-state index contributed by atoms with van der Waals surface area (Å²) in [6, 6.07) is -0.753. The highest BCUT2D eigenvalue weighted by atomic mass is 32.2. The Bertz CT molecular complexity index is 615. The van der Waals surface area contributed by atoms with Crippen LogP contribution in [0.3, 0.4) is 0 Å². The number of esters is 2. The van der Waals surface area contributed by atoms with Gasteiger partial charge >= 0.3 is 11.9 Å². The van der Waals surface area contributed by atoms with E-state index in [-0.39, 0.29) is 17.6 Å². The molecule has 0 saturated heterocycles. The molecule has 1 unspecified atom stereocenters. The van der Waals surface area contributed by atoms with Gasteiger partial charge in [-0.25, -0.2) is 0 Å². The molecule has 0 rings (SSSR count). The highest BCUT2D eigenvalue weighted by Crippen LogP contribution is 2.21. The van der Waals surface area contributed by atoms with Crippen LogP contribution in [0, 0.1) is 0 Å². The van der Waals surface area contributed by atoms with Gasteiger partial charge in [0, 0.05) is 17.4 Å². The molecule has 3 atom stereocenters. The molecule has 3 N–H and O–H groups in total. The third-order valence-electron chi connectivity index (χ3n) is 4.64. The zero-order chi connectivity index (χ0) is 24.0. The van der Waals surface area contributed by atoms with Crippen molar-refractivity contribution < 1.29 is 24.2 Å². The number of aliphatic hydroxyl groups is 1. The molecule has 0 aromatic carbocycles. The summed E-state index contributed by atoms with van der Waals surface area (Å²) in [5.74, 6) is -0.454. The van der Waals surface area contributed by atoms with Gasteiger partial charge < -0.3 is 20.3 Å². The molecule has 7 heteroatoms.